The summed E-state index contributed by atoms with van der Waals surface area (Å²) in [5.74, 6) is 0. The predicted molar refractivity (Wildman–Crippen MR) is 127 cm³/mol. The lowest BCUT2D eigenvalue weighted by Gasteiger charge is -2.20. The molecular weight excluding hydrogens is 416 g/mol. The Labute approximate surface area is 192 Å². The summed E-state index contributed by atoms with van der Waals surface area (Å²) in [5.41, 5.74) is 6.79. The Morgan fingerprint density at radius 1 is 1.06 bits per heavy atom. The Bertz CT molecular complexity index is 1320. The summed E-state index contributed by atoms with van der Waals surface area (Å²) in [6.45, 7) is 7.89. The van der Waals surface area contributed by atoms with E-state index >= 15 is 0 Å². The highest BCUT2D eigenvalue weighted by molar-refractivity contribution is 5.83. The van der Waals surface area contributed by atoms with E-state index in [4.69, 9.17) is 4.74 Å². The second-order valence-electron chi connectivity index (χ2n) is 8.90. The van der Waals surface area contributed by atoms with Crippen molar-refractivity contribution >= 4 is 17.9 Å². The quantitative estimate of drug-likeness (QED) is 0.429. The fourth-order valence-electron chi connectivity index (χ4n) is 3.59. The van der Waals surface area contributed by atoms with Crippen LogP contribution in [0.4, 0.5) is 4.79 Å². The molecule has 0 unspecified atom stereocenters. The van der Waals surface area contributed by atoms with Gasteiger partial charge >= 0.3 is 6.09 Å². The minimum absolute atomic E-state index is 0.381. The third kappa shape index (κ3) is 5.09. The highest BCUT2D eigenvalue weighted by Gasteiger charge is 2.16. The number of benzene rings is 2. The molecule has 1 N–H and O–H groups in total. The molecule has 0 spiro atoms. The van der Waals surface area contributed by atoms with Crippen molar-refractivity contribution in [1.29, 1.82) is 0 Å². The molecule has 0 saturated heterocycles. The van der Waals surface area contributed by atoms with Crippen molar-refractivity contribution in [2.24, 2.45) is 0 Å². The third-order valence-electron chi connectivity index (χ3n) is 5.22. The first-order chi connectivity index (χ1) is 15.7. The zero-order valence-corrected chi connectivity index (χ0v) is 19.1. The highest BCUT2D eigenvalue weighted by Crippen LogP contribution is 2.29. The number of rotatable bonds is 5. The topological polar surface area (TPSA) is 85.6 Å². The van der Waals surface area contributed by atoms with Crippen LogP contribution in [0.2, 0.25) is 0 Å². The fraction of sp³-hybridized carbons (Fsp3) is 0.231. The molecule has 7 nitrogen and oxygen atoms in total. The minimum atomic E-state index is -0.534. The Balaban J connectivity index is 1.59. The molecule has 0 bridgehead atoms. The van der Waals surface area contributed by atoms with Crippen LogP contribution in [0.3, 0.4) is 0 Å². The highest BCUT2D eigenvalue weighted by atomic mass is 16.6. The Kier molecular flexibility index (Phi) is 5.96. The van der Waals surface area contributed by atoms with Crippen LogP contribution in [0.25, 0.3) is 27.9 Å². The molecule has 0 aliphatic heterocycles. The Morgan fingerprint density at radius 2 is 1.79 bits per heavy atom. The zero-order chi connectivity index (χ0) is 23.6. The summed E-state index contributed by atoms with van der Waals surface area (Å²) >= 11 is 0. The number of hydrogen-bond acceptors (Lipinski definition) is 5. The molecule has 4 aromatic rings. The standard InChI is InChI=1S/C26H26N4O3/c1-17-11-20(9-10-21(17)13-27-25(32)33-26(2,3)4)24-23-12-22(14-30(23)29-16-28-24)19-7-5-18(15-31)6-8-19/h5-12,14-16H,13H2,1-4H3,(H,27,32). The monoisotopic (exact) mass is 442 g/mol. The van der Waals surface area contributed by atoms with Crippen LogP contribution in [0.1, 0.15) is 42.3 Å². The summed E-state index contributed by atoms with van der Waals surface area (Å²) in [4.78, 5) is 27.4. The largest absolute Gasteiger partial charge is 0.444 e. The van der Waals surface area contributed by atoms with Gasteiger partial charge in [-0.05, 0) is 56.5 Å². The summed E-state index contributed by atoms with van der Waals surface area (Å²) < 4.78 is 7.11. The minimum Gasteiger partial charge on any atom is -0.444 e. The molecule has 168 valence electrons. The van der Waals surface area contributed by atoms with E-state index in [2.05, 4.69) is 21.5 Å². The molecule has 0 atom stereocenters. The average Bonchev–Trinajstić information content (AvgIpc) is 3.21. The number of aromatic nitrogens is 3. The molecule has 0 radical (unpaired) electrons. The van der Waals surface area contributed by atoms with Crippen LogP contribution in [0.15, 0.2) is 61.1 Å². The third-order valence-corrected chi connectivity index (χ3v) is 5.22. The maximum absolute atomic E-state index is 12.0. The van der Waals surface area contributed by atoms with Gasteiger partial charge in [-0.25, -0.2) is 14.3 Å². The van der Waals surface area contributed by atoms with E-state index in [0.29, 0.717) is 12.1 Å². The molecule has 2 aromatic carbocycles. The van der Waals surface area contributed by atoms with E-state index in [9.17, 15) is 9.59 Å². The van der Waals surface area contributed by atoms with Gasteiger partial charge in [-0.15, -0.1) is 0 Å². The number of aryl methyl sites for hydroxylation is 1. The fourth-order valence-corrected chi connectivity index (χ4v) is 3.59. The van der Waals surface area contributed by atoms with Crippen molar-refractivity contribution < 1.29 is 14.3 Å². The lowest BCUT2D eigenvalue weighted by molar-refractivity contribution is 0.0523. The summed E-state index contributed by atoms with van der Waals surface area (Å²) in [6.07, 6.45) is 3.88. The lowest BCUT2D eigenvalue weighted by atomic mass is 10.0. The van der Waals surface area contributed by atoms with E-state index in [1.807, 2.05) is 64.2 Å². The second kappa shape index (κ2) is 8.86. The van der Waals surface area contributed by atoms with Gasteiger partial charge < -0.3 is 10.1 Å². The number of hydrogen-bond donors (Lipinski definition) is 1. The smallest absolute Gasteiger partial charge is 0.407 e. The van der Waals surface area contributed by atoms with E-state index in [1.165, 1.54) is 6.33 Å². The van der Waals surface area contributed by atoms with Crippen molar-refractivity contribution in [2.75, 3.05) is 0 Å². The molecule has 2 aromatic heterocycles. The number of alkyl carbamates (subject to hydrolysis) is 1. The Morgan fingerprint density at radius 3 is 2.45 bits per heavy atom. The maximum Gasteiger partial charge on any atom is 0.407 e. The van der Waals surface area contributed by atoms with Crippen molar-refractivity contribution in [3.8, 4) is 22.4 Å². The second-order valence-corrected chi connectivity index (χ2v) is 8.90. The summed E-state index contributed by atoms with van der Waals surface area (Å²) in [6, 6.07) is 15.5. The number of aldehydes is 1. The number of nitrogens with zero attached hydrogens (tertiary/aromatic N) is 3. The van der Waals surface area contributed by atoms with Gasteiger partial charge in [0.25, 0.3) is 0 Å². The number of amides is 1. The van der Waals surface area contributed by atoms with Crippen LogP contribution < -0.4 is 5.32 Å². The normalized spacial score (nSPS) is 11.4. The average molecular weight is 443 g/mol. The number of ether oxygens (including phenoxy) is 1. The van der Waals surface area contributed by atoms with Gasteiger partial charge in [0.1, 0.15) is 18.2 Å². The van der Waals surface area contributed by atoms with Crippen molar-refractivity contribution in [1.82, 2.24) is 19.9 Å². The molecule has 0 saturated carbocycles. The van der Waals surface area contributed by atoms with Gasteiger partial charge in [0, 0.05) is 29.4 Å². The summed E-state index contributed by atoms with van der Waals surface area (Å²) in [7, 11) is 0. The predicted octanol–water partition coefficient (Wildman–Crippen LogP) is 5.21. The first kappa shape index (κ1) is 22.2. The van der Waals surface area contributed by atoms with E-state index < -0.39 is 11.7 Å². The maximum atomic E-state index is 12.0. The van der Waals surface area contributed by atoms with Crippen LogP contribution in [0, 0.1) is 6.92 Å². The van der Waals surface area contributed by atoms with Crippen molar-refractivity contribution in [3.63, 3.8) is 0 Å². The molecule has 0 aliphatic carbocycles. The summed E-state index contributed by atoms with van der Waals surface area (Å²) in [5, 5.41) is 7.16. The van der Waals surface area contributed by atoms with Crippen molar-refractivity contribution in [3.05, 3.63) is 77.7 Å². The number of nitrogens with one attached hydrogen (secondary N) is 1. The van der Waals surface area contributed by atoms with Gasteiger partial charge in [-0.1, -0.05) is 36.4 Å². The molecule has 33 heavy (non-hydrogen) atoms. The molecule has 7 heteroatoms. The van der Waals surface area contributed by atoms with Gasteiger partial charge in [0.2, 0.25) is 0 Å². The molecule has 2 heterocycles. The van der Waals surface area contributed by atoms with Gasteiger partial charge in [-0.2, -0.15) is 5.10 Å². The van der Waals surface area contributed by atoms with Crippen molar-refractivity contribution in [2.45, 2.75) is 39.8 Å². The Hall–Kier alpha value is -4.00. The van der Waals surface area contributed by atoms with E-state index in [-0.39, 0.29) is 0 Å². The molecule has 1 amide bonds. The molecular formula is C26H26N4O3. The number of carbonyl (C=O) groups is 2. The van der Waals surface area contributed by atoms with E-state index in [0.717, 1.165) is 45.3 Å². The van der Waals surface area contributed by atoms with Gasteiger partial charge in [0.15, 0.2) is 0 Å². The number of fused-ring (bicyclic) bond motifs is 1. The van der Waals surface area contributed by atoms with Crippen LogP contribution in [-0.4, -0.2) is 32.6 Å². The van der Waals surface area contributed by atoms with Gasteiger partial charge in [0.05, 0.1) is 11.2 Å². The van der Waals surface area contributed by atoms with Crippen LogP contribution in [0.5, 0.6) is 0 Å². The van der Waals surface area contributed by atoms with Gasteiger partial charge in [-0.3, -0.25) is 4.79 Å². The molecule has 0 aliphatic rings. The van der Waals surface area contributed by atoms with E-state index in [1.54, 1.807) is 16.6 Å². The SMILES string of the molecule is Cc1cc(-c2ncnn3cc(-c4ccc(C=O)cc4)cc23)ccc1CNC(=O)OC(C)(C)C. The van der Waals surface area contributed by atoms with Crippen LogP contribution >= 0.6 is 0 Å². The lowest BCUT2D eigenvalue weighted by Crippen LogP contribution is -2.32. The first-order valence-corrected chi connectivity index (χ1v) is 10.7. The first-order valence-electron chi connectivity index (χ1n) is 10.7. The van der Waals surface area contributed by atoms with Crippen LogP contribution in [-0.2, 0) is 11.3 Å². The zero-order valence-electron chi connectivity index (χ0n) is 19.1. The molecule has 0 fully saturated rings. The molecule has 4 rings (SSSR count). The number of carbonyl (C=O) groups excluding carboxylic acids is 2.